The lowest BCUT2D eigenvalue weighted by molar-refractivity contribution is -0.150. The van der Waals surface area contributed by atoms with Crippen LogP contribution in [0.15, 0.2) is 0 Å². The first-order valence-electron chi connectivity index (χ1n) is 3.19. The minimum absolute atomic E-state index is 0.755. The van der Waals surface area contributed by atoms with E-state index in [-0.39, 0.29) is 0 Å². The van der Waals surface area contributed by atoms with Gasteiger partial charge in [-0.1, -0.05) is 0 Å². The van der Waals surface area contributed by atoms with E-state index in [1.165, 1.54) is 0 Å². The summed E-state index contributed by atoms with van der Waals surface area (Å²) in [6, 6.07) is 0. The number of hydrogen-bond donors (Lipinski definition) is 0. The molecule has 0 bridgehead atoms. The number of esters is 2. The minimum Gasteiger partial charge on any atom is -0.468 e. The molecule has 0 N–H and O–H groups in total. The quantitative estimate of drug-likeness (QED) is 0.427. The van der Waals surface area contributed by atoms with E-state index < -0.39 is 27.0 Å². The first-order valence-corrected chi connectivity index (χ1v) is 5.14. The summed E-state index contributed by atoms with van der Waals surface area (Å²) >= 11 is 0. The molecule has 0 aliphatic rings. The molecule has 0 amide bonds. The summed E-state index contributed by atoms with van der Waals surface area (Å²) in [5.74, 6) is -2.29. The van der Waals surface area contributed by atoms with Crippen molar-refractivity contribution in [3.05, 3.63) is 0 Å². The maximum absolute atomic E-state index is 10.9. The molecule has 0 heterocycles. The molecule has 0 radical (unpaired) electrons. The molecule has 76 valence electrons. The van der Waals surface area contributed by atoms with Crippen molar-refractivity contribution in [2.45, 2.75) is 5.25 Å². The standard InChI is InChI=1S/C6H10O6S/c1-11-5(7)4(6(8)12-2)13(3,9)10/h4H,1-3H3. The van der Waals surface area contributed by atoms with Gasteiger partial charge in [0.1, 0.15) is 0 Å². The van der Waals surface area contributed by atoms with Gasteiger partial charge in [-0.2, -0.15) is 0 Å². The predicted octanol–water partition coefficient (Wildman–Crippen LogP) is -1.25. The Bertz CT molecular complexity index is 287. The molecule has 0 atom stereocenters. The maximum Gasteiger partial charge on any atom is 0.335 e. The van der Waals surface area contributed by atoms with Crippen LogP contribution >= 0.6 is 0 Å². The third-order valence-corrected chi connectivity index (χ3v) is 2.50. The maximum atomic E-state index is 10.9. The molecule has 0 saturated heterocycles. The molecule has 0 aromatic carbocycles. The summed E-state index contributed by atoms with van der Waals surface area (Å²) in [5.41, 5.74) is 0. The molecule has 0 fully saturated rings. The topological polar surface area (TPSA) is 86.7 Å². The zero-order chi connectivity index (χ0) is 10.6. The highest BCUT2D eigenvalue weighted by molar-refractivity contribution is 7.92. The first kappa shape index (κ1) is 11.9. The Hall–Kier alpha value is -1.11. The van der Waals surface area contributed by atoms with Gasteiger partial charge < -0.3 is 9.47 Å². The van der Waals surface area contributed by atoms with E-state index >= 15 is 0 Å². The lowest BCUT2D eigenvalue weighted by Gasteiger charge is -2.09. The van der Waals surface area contributed by atoms with E-state index in [2.05, 4.69) is 9.47 Å². The molecular weight excluding hydrogens is 200 g/mol. The second-order valence-electron chi connectivity index (χ2n) is 2.26. The van der Waals surface area contributed by atoms with Crippen molar-refractivity contribution in [1.29, 1.82) is 0 Å². The van der Waals surface area contributed by atoms with Crippen molar-refractivity contribution in [2.75, 3.05) is 20.5 Å². The van der Waals surface area contributed by atoms with Crippen LogP contribution in [0, 0.1) is 0 Å². The first-order chi connectivity index (χ1) is 5.84. The average molecular weight is 210 g/mol. The van der Waals surface area contributed by atoms with Crippen molar-refractivity contribution in [2.24, 2.45) is 0 Å². The van der Waals surface area contributed by atoms with Crippen LogP contribution in [0.2, 0.25) is 0 Å². The van der Waals surface area contributed by atoms with Crippen molar-refractivity contribution in [1.82, 2.24) is 0 Å². The third kappa shape index (κ3) is 3.02. The SMILES string of the molecule is COC(=O)C(C(=O)OC)S(C)(=O)=O. The molecule has 0 aliphatic heterocycles. The van der Waals surface area contributed by atoms with Crippen molar-refractivity contribution in [3.8, 4) is 0 Å². The molecule has 0 spiro atoms. The number of ether oxygens (including phenoxy) is 2. The highest BCUT2D eigenvalue weighted by Gasteiger charge is 2.38. The van der Waals surface area contributed by atoms with Crippen LogP contribution in [-0.2, 0) is 28.9 Å². The van der Waals surface area contributed by atoms with Gasteiger partial charge in [0.25, 0.3) is 5.25 Å². The van der Waals surface area contributed by atoms with Gasteiger partial charge in [0.05, 0.1) is 14.2 Å². The fourth-order valence-electron chi connectivity index (χ4n) is 0.660. The van der Waals surface area contributed by atoms with Gasteiger partial charge in [0.15, 0.2) is 9.84 Å². The van der Waals surface area contributed by atoms with E-state index in [1.54, 1.807) is 0 Å². The minimum atomic E-state index is -3.84. The second kappa shape index (κ2) is 4.22. The Labute approximate surface area is 75.7 Å². The van der Waals surface area contributed by atoms with Gasteiger partial charge in [-0.15, -0.1) is 0 Å². The molecule has 6 nitrogen and oxygen atoms in total. The van der Waals surface area contributed by atoms with Gasteiger partial charge in [-0.05, 0) is 0 Å². The second-order valence-corrected chi connectivity index (χ2v) is 4.39. The largest absolute Gasteiger partial charge is 0.468 e. The van der Waals surface area contributed by atoms with Crippen LogP contribution in [-0.4, -0.2) is 46.1 Å². The number of sulfone groups is 1. The molecule has 0 unspecified atom stereocenters. The monoisotopic (exact) mass is 210 g/mol. The Balaban J connectivity index is 5.00. The van der Waals surface area contributed by atoms with Crippen LogP contribution in [0.4, 0.5) is 0 Å². The molecule has 0 rings (SSSR count). The summed E-state index contributed by atoms with van der Waals surface area (Å²) in [6.07, 6.45) is 0.755. The Kier molecular flexibility index (Phi) is 3.86. The number of carbonyl (C=O) groups excluding carboxylic acids is 2. The number of methoxy groups -OCH3 is 2. The molecular formula is C6H10O6S. The molecule has 0 aliphatic carbocycles. The number of rotatable bonds is 3. The number of hydrogen-bond acceptors (Lipinski definition) is 6. The Morgan fingerprint density at radius 3 is 1.54 bits per heavy atom. The van der Waals surface area contributed by atoms with Gasteiger partial charge in [-0.25, -0.2) is 8.42 Å². The Morgan fingerprint density at radius 2 is 1.38 bits per heavy atom. The molecule has 0 aromatic rings. The lowest BCUT2D eigenvalue weighted by Crippen LogP contribution is -2.38. The van der Waals surface area contributed by atoms with Crippen LogP contribution in [0.25, 0.3) is 0 Å². The fraction of sp³-hybridized carbons (Fsp3) is 0.667. The van der Waals surface area contributed by atoms with E-state index in [1.807, 2.05) is 0 Å². The van der Waals surface area contributed by atoms with E-state index in [4.69, 9.17) is 0 Å². The molecule has 7 heteroatoms. The van der Waals surface area contributed by atoms with Gasteiger partial charge in [0.2, 0.25) is 0 Å². The summed E-state index contributed by atoms with van der Waals surface area (Å²) in [6.45, 7) is 0. The van der Waals surface area contributed by atoms with Gasteiger partial charge >= 0.3 is 11.9 Å². The van der Waals surface area contributed by atoms with Crippen LogP contribution in [0.5, 0.6) is 0 Å². The summed E-state index contributed by atoms with van der Waals surface area (Å²) in [7, 11) is -1.86. The van der Waals surface area contributed by atoms with E-state index in [0.29, 0.717) is 0 Å². The van der Waals surface area contributed by atoms with Crippen molar-refractivity contribution in [3.63, 3.8) is 0 Å². The predicted molar refractivity (Wildman–Crippen MR) is 42.7 cm³/mol. The zero-order valence-electron chi connectivity index (χ0n) is 7.44. The summed E-state index contributed by atoms with van der Waals surface area (Å²) < 4.78 is 30.1. The highest BCUT2D eigenvalue weighted by atomic mass is 32.2. The molecule has 13 heavy (non-hydrogen) atoms. The van der Waals surface area contributed by atoms with E-state index in [0.717, 1.165) is 20.5 Å². The summed E-state index contributed by atoms with van der Waals surface area (Å²) in [4.78, 5) is 21.7. The highest BCUT2D eigenvalue weighted by Crippen LogP contribution is 2.03. The number of carbonyl (C=O) groups is 2. The van der Waals surface area contributed by atoms with Crippen LogP contribution in [0.3, 0.4) is 0 Å². The fourth-order valence-corrected chi connectivity index (χ4v) is 1.55. The average Bonchev–Trinajstić information content (AvgIpc) is 2.01. The lowest BCUT2D eigenvalue weighted by atomic mass is 10.4. The normalized spacial score (nSPS) is 11.1. The van der Waals surface area contributed by atoms with Crippen LogP contribution in [0.1, 0.15) is 0 Å². The van der Waals surface area contributed by atoms with Crippen molar-refractivity contribution < 1.29 is 27.5 Å². The zero-order valence-corrected chi connectivity index (χ0v) is 8.25. The molecule has 0 saturated carbocycles. The van der Waals surface area contributed by atoms with Gasteiger partial charge in [0, 0.05) is 6.26 Å². The Morgan fingerprint density at radius 1 is 1.08 bits per heavy atom. The van der Waals surface area contributed by atoms with Crippen molar-refractivity contribution >= 4 is 21.8 Å². The van der Waals surface area contributed by atoms with Gasteiger partial charge in [-0.3, -0.25) is 9.59 Å². The van der Waals surface area contributed by atoms with Crippen LogP contribution < -0.4 is 0 Å². The summed E-state index contributed by atoms with van der Waals surface area (Å²) in [5, 5.41) is -1.89. The third-order valence-electron chi connectivity index (χ3n) is 1.26. The smallest absolute Gasteiger partial charge is 0.335 e. The molecule has 0 aromatic heterocycles. The van der Waals surface area contributed by atoms with E-state index in [9.17, 15) is 18.0 Å².